The van der Waals surface area contributed by atoms with E-state index in [4.69, 9.17) is 16.7 Å². The first-order valence-corrected chi connectivity index (χ1v) is 6.98. The molecule has 1 aromatic heterocycles. The molecule has 0 aliphatic heterocycles. The molecule has 0 fully saturated rings. The maximum atomic E-state index is 11.6. The number of nitrogens with zero attached hydrogens (tertiary/aromatic N) is 2. The number of Topliss-reactive ketones (excluding diaryl/α,β-unsaturated/α-hetero) is 1. The van der Waals surface area contributed by atoms with Crippen LogP contribution in [0.3, 0.4) is 0 Å². The van der Waals surface area contributed by atoms with Crippen molar-refractivity contribution in [1.29, 1.82) is 0 Å². The van der Waals surface area contributed by atoms with Crippen molar-refractivity contribution in [3.05, 3.63) is 47.0 Å². The minimum atomic E-state index is -0.541. The number of phenols is 1. The smallest absolute Gasteiger partial charge is 0.188 e. The SMILES string of the molecule is Cn1c(-c2cc(Cl)ccc2O)nc2cc(C(=O)CO)ccc21. The maximum Gasteiger partial charge on any atom is 0.188 e. The number of fused-ring (bicyclic) bond motifs is 1. The normalized spacial score (nSPS) is 11.0. The zero-order chi connectivity index (χ0) is 15.9. The molecule has 5 nitrogen and oxygen atoms in total. The van der Waals surface area contributed by atoms with Crippen LogP contribution < -0.4 is 0 Å². The summed E-state index contributed by atoms with van der Waals surface area (Å²) in [6.45, 7) is -0.541. The third-order valence-electron chi connectivity index (χ3n) is 3.55. The summed E-state index contributed by atoms with van der Waals surface area (Å²) < 4.78 is 1.81. The molecule has 2 aromatic carbocycles. The highest BCUT2D eigenvalue weighted by atomic mass is 35.5. The predicted octanol–water partition coefficient (Wildman–Crippen LogP) is 2.77. The van der Waals surface area contributed by atoms with Crippen LogP contribution in [0.25, 0.3) is 22.4 Å². The molecular formula is C16H13ClN2O3. The number of imidazole rings is 1. The number of ketones is 1. The predicted molar refractivity (Wildman–Crippen MR) is 84.2 cm³/mol. The number of hydrogen-bond donors (Lipinski definition) is 2. The van der Waals surface area contributed by atoms with Gasteiger partial charge >= 0.3 is 0 Å². The molecule has 1 heterocycles. The molecule has 2 N–H and O–H groups in total. The van der Waals surface area contributed by atoms with Crippen LogP contribution in [0.4, 0.5) is 0 Å². The molecule has 0 atom stereocenters. The average Bonchev–Trinajstić information content (AvgIpc) is 2.85. The first-order valence-electron chi connectivity index (χ1n) is 6.60. The molecule has 112 valence electrons. The highest BCUT2D eigenvalue weighted by Crippen LogP contribution is 2.32. The van der Waals surface area contributed by atoms with Crippen LogP contribution in [0.1, 0.15) is 10.4 Å². The molecular weight excluding hydrogens is 304 g/mol. The van der Waals surface area contributed by atoms with Crippen LogP contribution in [-0.2, 0) is 7.05 Å². The fraction of sp³-hybridized carbons (Fsp3) is 0.125. The second-order valence-electron chi connectivity index (χ2n) is 4.94. The van der Waals surface area contributed by atoms with E-state index >= 15 is 0 Å². The number of aryl methyl sites for hydroxylation is 1. The van der Waals surface area contributed by atoms with Gasteiger partial charge in [-0.3, -0.25) is 4.79 Å². The Kier molecular flexibility index (Phi) is 3.60. The lowest BCUT2D eigenvalue weighted by atomic mass is 10.1. The van der Waals surface area contributed by atoms with Gasteiger partial charge < -0.3 is 14.8 Å². The molecule has 0 spiro atoms. The summed E-state index contributed by atoms with van der Waals surface area (Å²) >= 11 is 5.98. The van der Waals surface area contributed by atoms with Gasteiger partial charge in [-0.1, -0.05) is 11.6 Å². The lowest BCUT2D eigenvalue weighted by Gasteiger charge is -2.05. The number of aromatic hydroxyl groups is 1. The van der Waals surface area contributed by atoms with Crippen molar-refractivity contribution in [2.45, 2.75) is 0 Å². The Balaban J connectivity index is 2.21. The highest BCUT2D eigenvalue weighted by molar-refractivity contribution is 6.30. The molecule has 3 rings (SSSR count). The summed E-state index contributed by atoms with van der Waals surface area (Å²) in [7, 11) is 1.82. The van der Waals surface area contributed by atoms with Gasteiger partial charge in [-0.15, -0.1) is 0 Å². The van der Waals surface area contributed by atoms with E-state index in [1.807, 2.05) is 11.6 Å². The molecule has 0 saturated carbocycles. The zero-order valence-corrected chi connectivity index (χ0v) is 12.5. The van der Waals surface area contributed by atoms with E-state index < -0.39 is 6.61 Å². The molecule has 0 aliphatic carbocycles. The second-order valence-corrected chi connectivity index (χ2v) is 5.38. The van der Waals surface area contributed by atoms with Gasteiger partial charge in [-0.25, -0.2) is 4.98 Å². The fourth-order valence-electron chi connectivity index (χ4n) is 2.39. The van der Waals surface area contributed by atoms with E-state index in [1.54, 1.807) is 30.3 Å². The van der Waals surface area contributed by atoms with Crippen LogP contribution in [0.15, 0.2) is 36.4 Å². The topological polar surface area (TPSA) is 75.3 Å². The second kappa shape index (κ2) is 5.44. The number of aliphatic hydroxyl groups is 1. The number of aliphatic hydroxyl groups excluding tert-OH is 1. The van der Waals surface area contributed by atoms with Crippen molar-refractivity contribution < 1.29 is 15.0 Å². The van der Waals surface area contributed by atoms with Crippen molar-refractivity contribution in [2.24, 2.45) is 7.05 Å². The summed E-state index contributed by atoms with van der Waals surface area (Å²) in [5.74, 6) is 0.262. The molecule has 0 saturated heterocycles. The first-order chi connectivity index (χ1) is 10.5. The Bertz CT molecular complexity index is 886. The molecule has 0 amide bonds. The largest absolute Gasteiger partial charge is 0.507 e. The molecule has 3 aromatic rings. The Hall–Kier alpha value is -2.37. The number of phenolic OH excluding ortho intramolecular Hbond substituents is 1. The van der Waals surface area contributed by atoms with Crippen molar-refractivity contribution in [3.63, 3.8) is 0 Å². The molecule has 0 aliphatic rings. The van der Waals surface area contributed by atoms with Crippen molar-refractivity contribution in [2.75, 3.05) is 6.61 Å². The van der Waals surface area contributed by atoms with E-state index in [0.717, 1.165) is 5.52 Å². The van der Waals surface area contributed by atoms with E-state index in [-0.39, 0.29) is 11.5 Å². The number of carbonyl (C=O) groups is 1. The van der Waals surface area contributed by atoms with Crippen LogP contribution in [0.2, 0.25) is 5.02 Å². The van der Waals surface area contributed by atoms with Crippen molar-refractivity contribution in [1.82, 2.24) is 9.55 Å². The monoisotopic (exact) mass is 316 g/mol. The highest BCUT2D eigenvalue weighted by Gasteiger charge is 2.15. The van der Waals surface area contributed by atoms with E-state index in [9.17, 15) is 9.90 Å². The van der Waals surface area contributed by atoms with E-state index in [2.05, 4.69) is 4.98 Å². The van der Waals surface area contributed by atoms with Gasteiger partial charge in [-0.05, 0) is 36.4 Å². The van der Waals surface area contributed by atoms with Crippen LogP contribution in [0, 0.1) is 0 Å². The fourth-order valence-corrected chi connectivity index (χ4v) is 2.56. The van der Waals surface area contributed by atoms with Gasteiger partial charge in [0.2, 0.25) is 0 Å². The molecule has 22 heavy (non-hydrogen) atoms. The van der Waals surface area contributed by atoms with Crippen molar-refractivity contribution >= 4 is 28.4 Å². The van der Waals surface area contributed by atoms with Crippen LogP contribution >= 0.6 is 11.6 Å². The maximum absolute atomic E-state index is 11.6. The lowest BCUT2D eigenvalue weighted by molar-refractivity contribution is 0.0904. The Morgan fingerprint density at radius 3 is 2.77 bits per heavy atom. The quantitative estimate of drug-likeness (QED) is 0.729. The van der Waals surface area contributed by atoms with Crippen LogP contribution in [0.5, 0.6) is 5.75 Å². The number of halogens is 1. The zero-order valence-electron chi connectivity index (χ0n) is 11.7. The van der Waals surface area contributed by atoms with Gasteiger partial charge in [0.15, 0.2) is 5.78 Å². The minimum absolute atomic E-state index is 0.0782. The summed E-state index contributed by atoms with van der Waals surface area (Å²) in [4.78, 5) is 16.0. The van der Waals surface area contributed by atoms with Gasteiger partial charge in [-0.2, -0.15) is 0 Å². The lowest BCUT2D eigenvalue weighted by Crippen LogP contribution is -2.03. The summed E-state index contributed by atoms with van der Waals surface area (Å²) in [5, 5.41) is 19.5. The third-order valence-corrected chi connectivity index (χ3v) is 3.78. The Morgan fingerprint density at radius 1 is 1.27 bits per heavy atom. The first kappa shape index (κ1) is 14.6. The van der Waals surface area contributed by atoms with Crippen LogP contribution in [-0.4, -0.2) is 32.2 Å². The Labute approximate surface area is 131 Å². The number of aromatic nitrogens is 2. The molecule has 0 radical (unpaired) electrons. The summed E-state index contributed by atoms with van der Waals surface area (Å²) in [6, 6.07) is 9.77. The third kappa shape index (κ3) is 2.34. The number of hydrogen-bond acceptors (Lipinski definition) is 4. The number of rotatable bonds is 3. The summed E-state index contributed by atoms with van der Waals surface area (Å²) in [6.07, 6.45) is 0. The number of benzene rings is 2. The van der Waals surface area contributed by atoms with E-state index in [1.165, 1.54) is 6.07 Å². The number of carbonyl (C=O) groups excluding carboxylic acids is 1. The van der Waals surface area contributed by atoms with Gasteiger partial charge in [0, 0.05) is 17.6 Å². The van der Waals surface area contributed by atoms with E-state index in [0.29, 0.717) is 27.5 Å². The average molecular weight is 317 g/mol. The van der Waals surface area contributed by atoms with Gasteiger partial charge in [0.25, 0.3) is 0 Å². The summed E-state index contributed by atoms with van der Waals surface area (Å²) in [5.41, 5.74) is 2.33. The molecule has 0 bridgehead atoms. The Morgan fingerprint density at radius 2 is 2.05 bits per heavy atom. The van der Waals surface area contributed by atoms with Gasteiger partial charge in [0.05, 0.1) is 16.6 Å². The molecule has 0 unspecified atom stereocenters. The standard InChI is InChI=1S/C16H13ClN2O3/c1-19-13-4-2-9(15(22)8-20)6-12(13)18-16(19)11-7-10(17)3-5-14(11)21/h2-7,20-21H,8H2,1H3. The van der Waals surface area contributed by atoms with Gasteiger partial charge in [0.1, 0.15) is 18.2 Å². The van der Waals surface area contributed by atoms with Crippen molar-refractivity contribution in [3.8, 4) is 17.1 Å². The minimum Gasteiger partial charge on any atom is -0.507 e. The molecule has 6 heteroatoms.